The maximum atomic E-state index is 10.9. The minimum Gasteiger partial charge on any atom is -0.493 e. The van der Waals surface area contributed by atoms with Crippen LogP contribution in [0.1, 0.15) is 17.9 Å². The number of nitrogens with two attached hydrogens (primary N) is 1. The summed E-state index contributed by atoms with van der Waals surface area (Å²) >= 11 is 0. The minimum absolute atomic E-state index is 0.0174. The lowest BCUT2D eigenvalue weighted by molar-refractivity contribution is -0.138. The van der Waals surface area contributed by atoms with Gasteiger partial charge in [0.15, 0.2) is 11.5 Å². The van der Waals surface area contributed by atoms with E-state index in [1.165, 1.54) is 0 Å². The van der Waals surface area contributed by atoms with Crippen molar-refractivity contribution in [1.29, 1.82) is 0 Å². The monoisotopic (exact) mass is 294 g/mol. The van der Waals surface area contributed by atoms with Gasteiger partial charge in [0.2, 0.25) is 0 Å². The normalized spacial score (nSPS) is 22.8. The number of rotatable bonds is 5. The van der Waals surface area contributed by atoms with Gasteiger partial charge in [0, 0.05) is 19.1 Å². The van der Waals surface area contributed by atoms with Crippen LogP contribution in [0, 0.1) is 0 Å². The van der Waals surface area contributed by atoms with E-state index < -0.39 is 5.97 Å². The number of aliphatic carboxylic acids is 1. The molecule has 3 N–H and O–H groups in total. The lowest BCUT2D eigenvalue weighted by atomic mass is 9.88. The molecule has 21 heavy (non-hydrogen) atoms. The van der Waals surface area contributed by atoms with E-state index in [2.05, 4.69) is 0 Å². The number of piperidine rings is 1. The fraction of sp³-hybridized carbons (Fsp3) is 0.533. The molecule has 6 nitrogen and oxygen atoms in total. The van der Waals surface area contributed by atoms with E-state index in [9.17, 15) is 4.79 Å². The second-order valence-electron chi connectivity index (χ2n) is 5.39. The van der Waals surface area contributed by atoms with E-state index in [4.69, 9.17) is 20.3 Å². The summed E-state index contributed by atoms with van der Waals surface area (Å²) in [6.07, 6.45) is 0.839. The van der Waals surface area contributed by atoms with Crippen LogP contribution in [0.25, 0.3) is 0 Å². The molecule has 1 aliphatic heterocycles. The van der Waals surface area contributed by atoms with E-state index in [-0.39, 0.29) is 18.5 Å². The van der Waals surface area contributed by atoms with Crippen molar-refractivity contribution in [1.82, 2.24) is 4.90 Å². The molecule has 2 atom stereocenters. The summed E-state index contributed by atoms with van der Waals surface area (Å²) in [4.78, 5) is 12.8. The molecule has 0 bridgehead atoms. The highest BCUT2D eigenvalue weighted by Gasteiger charge is 2.27. The lowest BCUT2D eigenvalue weighted by Gasteiger charge is -2.35. The molecule has 116 valence electrons. The molecule has 0 saturated carbocycles. The molecule has 0 spiro atoms. The second kappa shape index (κ2) is 6.78. The van der Waals surface area contributed by atoms with Crippen LogP contribution in [-0.2, 0) is 4.79 Å². The highest BCUT2D eigenvalue weighted by Crippen LogP contribution is 2.33. The molecule has 0 aliphatic carbocycles. The van der Waals surface area contributed by atoms with Gasteiger partial charge in [-0.1, -0.05) is 6.07 Å². The summed E-state index contributed by atoms with van der Waals surface area (Å²) in [6.45, 7) is 1.34. The molecular formula is C15H22N2O4. The van der Waals surface area contributed by atoms with Crippen LogP contribution in [-0.4, -0.2) is 55.9 Å². The topological polar surface area (TPSA) is 85.0 Å². The number of methoxy groups -OCH3 is 2. The Hall–Kier alpha value is -1.79. The first-order chi connectivity index (χ1) is 10.0. The number of likely N-dealkylation sites (tertiary alicyclic amines) is 1. The Morgan fingerprint density at radius 1 is 1.33 bits per heavy atom. The van der Waals surface area contributed by atoms with Crippen LogP contribution >= 0.6 is 0 Å². The molecular weight excluding hydrogens is 272 g/mol. The molecule has 6 heteroatoms. The zero-order valence-corrected chi connectivity index (χ0v) is 12.4. The third-order valence-electron chi connectivity index (χ3n) is 3.80. The first-order valence-electron chi connectivity index (χ1n) is 6.95. The summed E-state index contributed by atoms with van der Waals surface area (Å²) in [5, 5.41) is 8.94. The summed E-state index contributed by atoms with van der Waals surface area (Å²) in [6, 6.07) is 5.79. The van der Waals surface area contributed by atoms with Crippen molar-refractivity contribution < 1.29 is 19.4 Å². The third-order valence-corrected chi connectivity index (χ3v) is 3.80. The number of hydrogen-bond acceptors (Lipinski definition) is 5. The first kappa shape index (κ1) is 15.6. The van der Waals surface area contributed by atoms with Gasteiger partial charge >= 0.3 is 5.97 Å². The average molecular weight is 294 g/mol. The highest BCUT2D eigenvalue weighted by molar-refractivity contribution is 5.69. The van der Waals surface area contributed by atoms with Crippen LogP contribution in [0.2, 0.25) is 0 Å². The lowest BCUT2D eigenvalue weighted by Crippen LogP contribution is -2.47. The van der Waals surface area contributed by atoms with Crippen molar-refractivity contribution in [2.24, 2.45) is 5.73 Å². The Balaban J connectivity index is 2.18. The Morgan fingerprint density at radius 3 is 2.67 bits per heavy atom. The van der Waals surface area contributed by atoms with Gasteiger partial charge in [-0.25, -0.2) is 0 Å². The quantitative estimate of drug-likeness (QED) is 0.839. The molecule has 1 aromatic rings. The van der Waals surface area contributed by atoms with Crippen molar-refractivity contribution in [2.75, 3.05) is 33.9 Å². The van der Waals surface area contributed by atoms with Gasteiger partial charge in [-0.15, -0.1) is 0 Å². The van der Waals surface area contributed by atoms with Gasteiger partial charge in [-0.05, 0) is 30.0 Å². The molecule has 1 aromatic carbocycles. The van der Waals surface area contributed by atoms with Gasteiger partial charge in [0.05, 0.1) is 20.8 Å². The molecule has 1 saturated heterocycles. The smallest absolute Gasteiger partial charge is 0.317 e. The number of carbonyl (C=O) groups is 1. The second-order valence-corrected chi connectivity index (χ2v) is 5.39. The van der Waals surface area contributed by atoms with Crippen LogP contribution in [0.3, 0.4) is 0 Å². The van der Waals surface area contributed by atoms with Gasteiger partial charge < -0.3 is 20.3 Å². The van der Waals surface area contributed by atoms with Gasteiger partial charge in [0.1, 0.15) is 0 Å². The van der Waals surface area contributed by atoms with Gasteiger partial charge in [0.25, 0.3) is 0 Å². The number of hydrogen-bond donors (Lipinski definition) is 2. The Kier molecular flexibility index (Phi) is 5.03. The van der Waals surface area contributed by atoms with Crippen LogP contribution in [0.4, 0.5) is 0 Å². The maximum Gasteiger partial charge on any atom is 0.317 e. The fourth-order valence-corrected chi connectivity index (χ4v) is 2.90. The number of benzene rings is 1. The molecule has 0 amide bonds. The van der Waals surface area contributed by atoms with Crippen LogP contribution in [0.15, 0.2) is 18.2 Å². The highest BCUT2D eigenvalue weighted by atomic mass is 16.5. The number of carboxylic acid groups (broad SMARTS) is 1. The molecule has 1 heterocycles. The number of nitrogens with zero attached hydrogens (tertiary/aromatic N) is 1. The summed E-state index contributed by atoms with van der Waals surface area (Å²) < 4.78 is 10.6. The maximum absolute atomic E-state index is 10.9. The van der Waals surface area contributed by atoms with Gasteiger partial charge in [-0.3, -0.25) is 9.69 Å². The molecule has 1 fully saturated rings. The zero-order valence-electron chi connectivity index (χ0n) is 12.4. The Labute approximate surface area is 124 Å². The van der Waals surface area contributed by atoms with Crippen molar-refractivity contribution in [3.63, 3.8) is 0 Å². The number of carboxylic acids is 1. The number of ether oxygens (including phenoxy) is 2. The van der Waals surface area contributed by atoms with E-state index in [1.54, 1.807) is 14.2 Å². The molecule has 2 rings (SSSR count). The average Bonchev–Trinajstić information content (AvgIpc) is 2.45. The van der Waals surface area contributed by atoms with E-state index in [0.717, 1.165) is 12.0 Å². The predicted molar refractivity (Wildman–Crippen MR) is 79.0 cm³/mol. The van der Waals surface area contributed by atoms with Crippen molar-refractivity contribution in [3.8, 4) is 11.5 Å². The molecule has 2 unspecified atom stereocenters. The van der Waals surface area contributed by atoms with E-state index in [1.807, 2.05) is 23.1 Å². The van der Waals surface area contributed by atoms with E-state index >= 15 is 0 Å². The predicted octanol–water partition coefficient (Wildman–Crippen LogP) is 0.905. The third kappa shape index (κ3) is 3.86. The first-order valence-corrected chi connectivity index (χ1v) is 6.95. The zero-order chi connectivity index (χ0) is 15.4. The summed E-state index contributed by atoms with van der Waals surface area (Å²) in [5.74, 6) is 0.741. The van der Waals surface area contributed by atoms with Crippen molar-refractivity contribution in [3.05, 3.63) is 23.8 Å². The summed E-state index contributed by atoms with van der Waals surface area (Å²) in [7, 11) is 3.20. The van der Waals surface area contributed by atoms with Crippen molar-refractivity contribution >= 4 is 5.97 Å². The van der Waals surface area contributed by atoms with E-state index in [0.29, 0.717) is 24.6 Å². The Morgan fingerprint density at radius 2 is 2.05 bits per heavy atom. The SMILES string of the molecule is COc1ccc(C2CC(N)CN(CC(=O)O)C2)cc1OC. The van der Waals surface area contributed by atoms with Crippen LogP contribution < -0.4 is 15.2 Å². The minimum atomic E-state index is -0.824. The molecule has 0 aromatic heterocycles. The molecule has 1 aliphatic rings. The van der Waals surface area contributed by atoms with Crippen molar-refractivity contribution in [2.45, 2.75) is 18.4 Å². The Bertz CT molecular complexity index is 506. The fourth-order valence-electron chi connectivity index (χ4n) is 2.90. The summed E-state index contributed by atoms with van der Waals surface area (Å²) in [5.41, 5.74) is 7.16. The van der Waals surface area contributed by atoms with Gasteiger partial charge in [-0.2, -0.15) is 0 Å². The van der Waals surface area contributed by atoms with Crippen LogP contribution in [0.5, 0.6) is 11.5 Å². The molecule has 0 radical (unpaired) electrons. The largest absolute Gasteiger partial charge is 0.493 e. The standard InChI is InChI=1S/C15H22N2O4/c1-20-13-4-3-10(6-14(13)21-2)11-5-12(16)8-17(7-11)9-15(18)19/h3-4,6,11-12H,5,7-9,16H2,1-2H3,(H,18,19).